The Morgan fingerprint density at radius 1 is 0.895 bits per heavy atom. The molecule has 1 N–H and O–H groups in total. The number of halogens is 1. The number of hydrogen-bond acceptors (Lipinski definition) is 1. The van der Waals surface area contributed by atoms with Gasteiger partial charge in [-0.2, -0.15) is 0 Å². The van der Waals surface area contributed by atoms with E-state index in [2.05, 4.69) is 0 Å². The van der Waals surface area contributed by atoms with Crippen LogP contribution in [0.3, 0.4) is 0 Å². The first kappa shape index (κ1) is 13.6. The van der Waals surface area contributed by atoms with Crippen LogP contribution in [0.25, 0.3) is 6.08 Å². The maximum atomic E-state index is 9.94. The molecule has 0 amide bonds. The summed E-state index contributed by atoms with van der Waals surface area (Å²) < 4.78 is 0. The van der Waals surface area contributed by atoms with Crippen molar-refractivity contribution in [3.8, 4) is 0 Å². The van der Waals surface area contributed by atoms with Crippen LogP contribution in [0.5, 0.6) is 0 Å². The fourth-order valence-corrected chi connectivity index (χ4v) is 1.80. The van der Waals surface area contributed by atoms with Crippen molar-refractivity contribution in [3.63, 3.8) is 0 Å². The molecule has 1 nitrogen and oxygen atoms in total. The normalized spacial score (nSPS) is 13.2. The van der Waals surface area contributed by atoms with Gasteiger partial charge < -0.3 is 5.11 Å². The van der Waals surface area contributed by atoms with Crippen LogP contribution in [0.2, 0.25) is 5.02 Å². The number of allylic oxidation sites excluding steroid dienone is 2. The fourth-order valence-electron chi connectivity index (χ4n) is 1.67. The van der Waals surface area contributed by atoms with Gasteiger partial charge in [-0.25, -0.2) is 0 Å². The molecule has 0 heterocycles. The zero-order valence-corrected chi connectivity index (χ0v) is 11.2. The monoisotopic (exact) mass is 270 g/mol. The first-order chi connectivity index (χ1) is 9.25. The van der Waals surface area contributed by atoms with Crippen LogP contribution in [-0.2, 0) is 0 Å². The van der Waals surface area contributed by atoms with Gasteiger partial charge in [-0.15, -0.1) is 0 Å². The molecule has 2 aromatic carbocycles. The topological polar surface area (TPSA) is 20.2 Å². The van der Waals surface area contributed by atoms with Crippen LogP contribution in [-0.4, -0.2) is 5.11 Å². The smallest absolute Gasteiger partial charge is 0.0974 e. The first-order valence-electron chi connectivity index (χ1n) is 6.09. The Hall–Kier alpha value is -1.83. The molecule has 0 radical (unpaired) electrons. The van der Waals surface area contributed by atoms with Crippen molar-refractivity contribution >= 4 is 17.7 Å². The fraction of sp³-hybridized carbons (Fsp3) is 0.0588. The van der Waals surface area contributed by atoms with Gasteiger partial charge in [0.2, 0.25) is 0 Å². The van der Waals surface area contributed by atoms with E-state index in [-0.39, 0.29) is 0 Å². The van der Waals surface area contributed by atoms with Gasteiger partial charge in [0, 0.05) is 5.02 Å². The average Bonchev–Trinajstić information content (AvgIpc) is 2.45. The molecule has 0 bridgehead atoms. The summed E-state index contributed by atoms with van der Waals surface area (Å²) in [5.74, 6) is 0. The summed E-state index contributed by atoms with van der Waals surface area (Å²) in [4.78, 5) is 0. The minimum absolute atomic E-state index is 0.613. The average molecular weight is 271 g/mol. The summed E-state index contributed by atoms with van der Waals surface area (Å²) >= 11 is 5.80. The minimum Gasteiger partial charge on any atom is -0.384 e. The van der Waals surface area contributed by atoms with Gasteiger partial charge in [0.05, 0.1) is 6.10 Å². The molecule has 0 fully saturated rings. The van der Waals surface area contributed by atoms with Crippen LogP contribution in [0, 0.1) is 0 Å². The summed E-state index contributed by atoms with van der Waals surface area (Å²) in [5, 5.41) is 10.6. The second-order valence-electron chi connectivity index (χ2n) is 4.15. The molecule has 1 unspecified atom stereocenters. The Kier molecular flexibility index (Phi) is 4.96. The molecule has 2 rings (SSSR count). The molecule has 0 saturated carbocycles. The van der Waals surface area contributed by atoms with Crippen molar-refractivity contribution in [2.75, 3.05) is 0 Å². The third-order valence-electron chi connectivity index (χ3n) is 2.70. The molecule has 0 aliphatic carbocycles. The summed E-state index contributed by atoms with van der Waals surface area (Å²) in [6.45, 7) is 0. The molecule has 19 heavy (non-hydrogen) atoms. The Morgan fingerprint density at radius 2 is 1.58 bits per heavy atom. The van der Waals surface area contributed by atoms with Gasteiger partial charge in [0.15, 0.2) is 0 Å². The molecule has 0 aliphatic heterocycles. The highest BCUT2D eigenvalue weighted by Crippen LogP contribution is 2.17. The zero-order chi connectivity index (χ0) is 13.5. The lowest BCUT2D eigenvalue weighted by Gasteiger charge is -2.04. The highest BCUT2D eigenvalue weighted by Gasteiger charge is 2.01. The van der Waals surface area contributed by atoms with Crippen molar-refractivity contribution in [3.05, 3.63) is 89.0 Å². The number of hydrogen-bond donors (Lipinski definition) is 1. The molecule has 0 saturated heterocycles. The predicted octanol–water partition coefficient (Wildman–Crippen LogP) is 4.64. The van der Waals surface area contributed by atoms with E-state index in [9.17, 15) is 5.11 Å². The van der Waals surface area contributed by atoms with Crippen LogP contribution in [0.4, 0.5) is 0 Å². The summed E-state index contributed by atoms with van der Waals surface area (Å²) in [5.41, 5.74) is 1.96. The third-order valence-corrected chi connectivity index (χ3v) is 2.96. The molecular weight excluding hydrogens is 256 g/mol. The highest BCUT2D eigenvalue weighted by molar-refractivity contribution is 6.30. The quantitative estimate of drug-likeness (QED) is 0.802. The predicted molar refractivity (Wildman–Crippen MR) is 81.0 cm³/mol. The second-order valence-corrected chi connectivity index (χ2v) is 4.59. The van der Waals surface area contributed by atoms with Gasteiger partial charge in [-0.05, 0) is 23.3 Å². The van der Waals surface area contributed by atoms with Crippen LogP contribution in [0.15, 0.2) is 72.8 Å². The van der Waals surface area contributed by atoms with Crippen molar-refractivity contribution in [1.82, 2.24) is 0 Å². The number of aliphatic hydroxyl groups is 1. The lowest BCUT2D eigenvalue weighted by Crippen LogP contribution is -1.91. The molecular formula is C17H15ClO. The second kappa shape index (κ2) is 6.93. The van der Waals surface area contributed by atoms with Crippen molar-refractivity contribution in [1.29, 1.82) is 0 Å². The Morgan fingerprint density at radius 3 is 2.26 bits per heavy atom. The van der Waals surface area contributed by atoms with E-state index in [1.165, 1.54) is 0 Å². The van der Waals surface area contributed by atoms with Gasteiger partial charge in [-0.1, -0.05) is 78.4 Å². The molecule has 0 aromatic heterocycles. The number of rotatable bonds is 4. The Bertz CT molecular complexity index is 556. The van der Waals surface area contributed by atoms with E-state index in [0.29, 0.717) is 5.02 Å². The van der Waals surface area contributed by atoms with Crippen LogP contribution >= 0.6 is 11.6 Å². The Labute approximate surface area is 118 Å². The lowest BCUT2D eigenvalue weighted by atomic mass is 10.1. The van der Waals surface area contributed by atoms with E-state index in [1.54, 1.807) is 18.2 Å². The van der Waals surface area contributed by atoms with Crippen LogP contribution in [0.1, 0.15) is 17.2 Å². The maximum Gasteiger partial charge on any atom is 0.0974 e. The zero-order valence-electron chi connectivity index (χ0n) is 10.4. The molecule has 0 spiro atoms. The van der Waals surface area contributed by atoms with Gasteiger partial charge >= 0.3 is 0 Å². The van der Waals surface area contributed by atoms with E-state index >= 15 is 0 Å². The largest absolute Gasteiger partial charge is 0.384 e. The maximum absolute atomic E-state index is 9.94. The highest BCUT2D eigenvalue weighted by atomic mass is 35.5. The summed E-state index contributed by atoms with van der Waals surface area (Å²) in [6.07, 6.45) is 6.87. The SMILES string of the molecule is OC(/C=C/C=C/c1ccccc1)c1ccc(Cl)cc1. The first-order valence-corrected chi connectivity index (χ1v) is 6.47. The van der Waals surface area contributed by atoms with Crippen molar-refractivity contribution in [2.45, 2.75) is 6.10 Å². The third kappa shape index (κ3) is 4.40. The van der Waals surface area contributed by atoms with E-state index in [1.807, 2.05) is 60.7 Å². The van der Waals surface area contributed by atoms with Crippen molar-refractivity contribution < 1.29 is 5.11 Å². The van der Waals surface area contributed by atoms with E-state index in [0.717, 1.165) is 11.1 Å². The molecule has 96 valence electrons. The molecule has 0 aliphatic rings. The molecule has 2 heteroatoms. The van der Waals surface area contributed by atoms with Gasteiger partial charge in [0.25, 0.3) is 0 Å². The van der Waals surface area contributed by atoms with E-state index < -0.39 is 6.10 Å². The number of aliphatic hydroxyl groups excluding tert-OH is 1. The number of benzene rings is 2. The summed E-state index contributed by atoms with van der Waals surface area (Å²) in [7, 11) is 0. The van der Waals surface area contributed by atoms with E-state index in [4.69, 9.17) is 11.6 Å². The van der Waals surface area contributed by atoms with Crippen LogP contribution < -0.4 is 0 Å². The van der Waals surface area contributed by atoms with Crippen molar-refractivity contribution in [2.24, 2.45) is 0 Å². The molecule has 1 atom stereocenters. The standard InChI is InChI=1S/C17H15ClO/c18-16-12-10-15(11-13-16)17(19)9-5-4-8-14-6-2-1-3-7-14/h1-13,17,19H/b8-4+,9-5+. The van der Waals surface area contributed by atoms with Gasteiger partial charge in [0.1, 0.15) is 0 Å². The minimum atomic E-state index is -0.613. The Balaban J connectivity index is 1.95. The van der Waals surface area contributed by atoms with Gasteiger partial charge in [-0.3, -0.25) is 0 Å². The lowest BCUT2D eigenvalue weighted by molar-refractivity contribution is 0.228. The molecule has 2 aromatic rings. The summed E-state index contributed by atoms with van der Waals surface area (Å²) in [6, 6.07) is 17.2.